The first-order valence-corrected chi connectivity index (χ1v) is 3.43. The average Bonchev–Trinajstić information content (AvgIpc) is 2.15. The molecule has 0 bridgehead atoms. The van der Waals surface area contributed by atoms with Gasteiger partial charge in [-0.15, -0.1) is 6.58 Å². The van der Waals surface area contributed by atoms with Gasteiger partial charge in [-0.05, 0) is 6.07 Å². The van der Waals surface area contributed by atoms with E-state index in [-0.39, 0.29) is 0 Å². The summed E-state index contributed by atoms with van der Waals surface area (Å²) < 4.78 is 0. The minimum Gasteiger partial charge on any atom is -0.243 e. The first-order chi connectivity index (χ1) is 5.88. The van der Waals surface area contributed by atoms with Crippen molar-refractivity contribution >= 4 is 5.95 Å². The largest absolute Gasteiger partial charge is 0.243 e. The highest BCUT2D eigenvalue weighted by Gasteiger charge is 2.03. The molecule has 0 saturated carbocycles. The molecule has 0 saturated heterocycles. The molecule has 0 atom stereocenters. The highest BCUT2D eigenvalue weighted by atomic mass is 15.2. The van der Waals surface area contributed by atoms with Crippen LogP contribution >= 0.6 is 0 Å². The van der Waals surface area contributed by atoms with Crippen LogP contribution in [-0.4, -0.2) is 16.5 Å². The Bertz CT molecular complexity index is 288. The second kappa shape index (κ2) is 4.09. The minimum absolute atomic E-state index is 0.403. The number of anilines is 1. The molecule has 0 N–H and O–H groups in total. The van der Waals surface area contributed by atoms with Crippen molar-refractivity contribution in [3.8, 4) is 6.19 Å². The summed E-state index contributed by atoms with van der Waals surface area (Å²) in [6.45, 7) is 3.96. The Morgan fingerprint density at radius 1 is 1.58 bits per heavy atom. The lowest BCUT2D eigenvalue weighted by atomic mass is 10.5. The summed E-state index contributed by atoms with van der Waals surface area (Å²) in [6, 6.07) is 1.70. The molecular formula is C8H8N4. The fraction of sp³-hybridized carbons (Fsp3) is 0.125. The maximum atomic E-state index is 8.66. The highest BCUT2D eigenvalue weighted by molar-refractivity contribution is 5.35. The number of rotatable bonds is 3. The number of aromatic nitrogens is 2. The van der Waals surface area contributed by atoms with Gasteiger partial charge in [-0.1, -0.05) is 6.08 Å². The van der Waals surface area contributed by atoms with E-state index < -0.39 is 0 Å². The maximum Gasteiger partial charge on any atom is 0.238 e. The molecule has 0 amide bonds. The zero-order chi connectivity index (χ0) is 8.81. The third-order valence-electron chi connectivity index (χ3n) is 1.23. The zero-order valence-electron chi connectivity index (χ0n) is 6.51. The maximum absolute atomic E-state index is 8.66. The van der Waals surface area contributed by atoms with Gasteiger partial charge in [0.2, 0.25) is 5.95 Å². The van der Waals surface area contributed by atoms with Gasteiger partial charge in [-0.3, -0.25) is 0 Å². The van der Waals surface area contributed by atoms with Crippen LogP contribution in [0.15, 0.2) is 31.1 Å². The second-order valence-corrected chi connectivity index (χ2v) is 2.05. The van der Waals surface area contributed by atoms with E-state index in [0.29, 0.717) is 12.5 Å². The highest BCUT2D eigenvalue weighted by Crippen LogP contribution is 2.01. The summed E-state index contributed by atoms with van der Waals surface area (Å²) in [6.07, 6.45) is 6.77. The predicted octanol–water partition coefficient (Wildman–Crippen LogP) is 0.950. The summed E-state index contributed by atoms with van der Waals surface area (Å²) in [7, 11) is 0. The van der Waals surface area contributed by atoms with Gasteiger partial charge in [-0.2, -0.15) is 5.26 Å². The summed E-state index contributed by atoms with van der Waals surface area (Å²) >= 11 is 0. The van der Waals surface area contributed by atoms with E-state index in [1.54, 1.807) is 24.5 Å². The molecule has 0 unspecified atom stereocenters. The molecule has 1 aromatic heterocycles. The van der Waals surface area contributed by atoms with Crippen molar-refractivity contribution in [1.29, 1.82) is 5.26 Å². The second-order valence-electron chi connectivity index (χ2n) is 2.05. The molecule has 0 fully saturated rings. The Morgan fingerprint density at radius 3 is 2.75 bits per heavy atom. The van der Waals surface area contributed by atoms with Crippen LogP contribution in [0.2, 0.25) is 0 Å². The van der Waals surface area contributed by atoms with Gasteiger partial charge in [-0.25, -0.2) is 14.9 Å². The smallest absolute Gasteiger partial charge is 0.238 e. The molecular weight excluding hydrogens is 152 g/mol. The van der Waals surface area contributed by atoms with Crippen LogP contribution in [0.1, 0.15) is 0 Å². The Balaban J connectivity index is 2.82. The minimum atomic E-state index is 0.403. The van der Waals surface area contributed by atoms with Crippen LogP contribution in [0.4, 0.5) is 5.95 Å². The molecule has 1 rings (SSSR count). The molecule has 12 heavy (non-hydrogen) atoms. The fourth-order valence-electron chi connectivity index (χ4n) is 0.727. The normalized spacial score (nSPS) is 8.58. The fourth-order valence-corrected chi connectivity index (χ4v) is 0.727. The lowest BCUT2D eigenvalue weighted by Crippen LogP contribution is -2.18. The molecule has 1 heterocycles. The summed E-state index contributed by atoms with van der Waals surface area (Å²) in [5, 5.41) is 8.66. The van der Waals surface area contributed by atoms with Crippen molar-refractivity contribution in [2.24, 2.45) is 0 Å². The van der Waals surface area contributed by atoms with Gasteiger partial charge in [0.25, 0.3) is 0 Å². The lowest BCUT2D eigenvalue weighted by molar-refractivity contribution is 0.991. The van der Waals surface area contributed by atoms with Crippen LogP contribution in [0, 0.1) is 11.5 Å². The number of hydrogen-bond donors (Lipinski definition) is 0. The zero-order valence-corrected chi connectivity index (χ0v) is 6.51. The Labute approximate surface area is 70.8 Å². The summed E-state index contributed by atoms with van der Waals surface area (Å²) in [5.74, 6) is 0.403. The first-order valence-electron chi connectivity index (χ1n) is 3.43. The van der Waals surface area contributed by atoms with Crippen LogP contribution in [0.3, 0.4) is 0 Å². The van der Waals surface area contributed by atoms with Crippen molar-refractivity contribution in [2.75, 3.05) is 11.4 Å². The molecule has 4 nitrogen and oxygen atoms in total. The summed E-state index contributed by atoms with van der Waals surface area (Å²) in [5.41, 5.74) is 0. The SMILES string of the molecule is C=CCN(C#N)c1ncccn1. The van der Waals surface area contributed by atoms with Crippen molar-refractivity contribution in [3.05, 3.63) is 31.1 Å². The van der Waals surface area contributed by atoms with E-state index in [9.17, 15) is 0 Å². The van der Waals surface area contributed by atoms with E-state index in [1.165, 1.54) is 4.90 Å². The molecule has 1 aromatic rings. The standard InChI is InChI=1S/C8H8N4/c1-2-6-12(7-9)8-10-4-3-5-11-8/h2-5H,1,6H2. The quantitative estimate of drug-likeness (QED) is 0.375. The lowest BCUT2D eigenvalue weighted by Gasteiger charge is -2.08. The van der Waals surface area contributed by atoms with Crippen LogP contribution in [0.5, 0.6) is 0 Å². The van der Waals surface area contributed by atoms with Crippen molar-refractivity contribution < 1.29 is 0 Å². The van der Waals surface area contributed by atoms with E-state index in [4.69, 9.17) is 5.26 Å². The number of nitriles is 1. The van der Waals surface area contributed by atoms with Crippen LogP contribution < -0.4 is 4.90 Å². The molecule has 60 valence electrons. The van der Waals surface area contributed by atoms with Crippen molar-refractivity contribution in [1.82, 2.24) is 9.97 Å². The molecule has 4 heteroatoms. The molecule has 0 spiro atoms. The van der Waals surface area contributed by atoms with Gasteiger partial charge in [0.05, 0.1) is 6.54 Å². The Kier molecular flexibility index (Phi) is 2.79. The molecule has 0 aliphatic heterocycles. The van der Waals surface area contributed by atoms with Gasteiger partial charge >= 0.3 is 0 Å². The van der Waals surface area contributed by atoms with Gasteiger partial charge in [0.15, 0.2) is 6.19 Å². The number of hydrogen-bond acceptors (Lipinski definition) is 4. The van der Waals surface area contributed by atoms with Crippen molar-refractivity contribution in [3.63, 3.8) is 0 Å². The third kappa shape index (κ3) is 1.80. The Hall–Kier alpha value is -1.89. The van der Waals surface area contributed by atoms with E-state index in [2.05, 4.69) is 16.5 Å². The van der Waals surface area contributed by atoms with Gasteiger partial charge < -0.3 is 0 Å². The van der Waals surface area contributed by atoms with E-state index >= 15 is 0 Å². The third-order valence-corrected chi connectivity index (χ3v) is 1.23. The monoisotopic (exact) mass is 160 g/mol. The first kappa shape index (κ1) is 8.21. The Morgan fingerprint density at radius 2 is 2.25 bits per heavy atom. The molecule has 0 radical (unpaired) electrons. The average molecular weight is 160 g/mol. The van der Waals surface area contributed by atoms with Crippen molar-refractivity contribution in [2.45, 2.75) is 0 Å². The summed E-state index contributed by atoms with van der Waals surface area (Å²) in [4.78, 5) is 9.18. The van der Waals surface area contributed by atoms with E-state index in [0.717, 1.165) is 0 Å². The van der Waals surface area contributed by atoms with Gasteiger partial charge in [0, 0.05) is 12.4 Å². The molecule has 0 aliphatic carbocycles. The topological polar surface area (TPSA) is 52.8 Å². The van der Waals surface area contributed by atoms with Gasteiger partial charge in [0.1, 0.15) is 0 Å². The van der Waals surface area contributed by atoms with E-state index in [1.807, 2.05) is 6.19 Å². The number of nitrogens with zero attached hydrogens (tertiary/aromatic N) is 4. The molecule has 0 aromatic carbocycles. The van der Waals surface area contributed by atoms with Crippen LogP contribution in [0.25, 0.3) is 0 Å². The molecule has 0 aliphatic rings. The predicted molar refractivity (Wildman–Crippen MR) is 45.2 cm³/mol. The van der Waals surface area contributed by atoms with Crippen LogP contribution in [-0.2, 0) is 0 Å².